The maximum absolute atomic E-state index is 13.0. The Bertz CT molecular complexity index is 765. The fourth-order valence-corrected chi connectivity index (χ4v) is 10.1. The molecule has 2 aromatic rings. The topological polar surface area (TPSA) is 29.1 Å². The van der Waals surface area contributed by atoms with E-state index in [0.717, 1.165) is 0 Å². The van der Waals surface area contributed by atoms with Gasteiger partial charge in [-0.2, -0.15) is 0 Å². The van der Waals surface area contributed by atoms with Gasteiger partial charge < -0.3 is 0 Å². The number of benzene rings is 2. The summed E-state index contributed by atoms with van der Waals surface area (Å²) >= 11 is 0. The van der Waals surface area contributed by atoms with E-state index in [-0.39, 0.29) is 10.4 Å². The molecule has 2 nitrogen and oxygen atoms in total. The number of hydrogen-bond acceptors (Lipinski definition) is 1. The SMILES string of the molecule is Cc1cccc([Si](C)(c2cccc(C)c2)[C@@H](N[S@](=O)C(C)(C)C)C(C)C)c1. The van der Waals surface area contributed by atoms with Crippen LogP contribution in [-0.2, 0) is 11.0 Å². The zero-order valence-corrected chi connectivity index (χ0v) is 19.9. The summed E-state index contributed by atoms with van der Waals surface area (Å²) in [4.78, 5) is 0. The van der Waals surface area contributed by atoms with Crippen LogP contribution in [0.1, 0.15) is 45.7 Å². The largest absolute Gasteiger partial charge is 0.242 e. The standard InChI is InChI=1S/C23H35NOSSi/c1-17(2)22(24-26(25)23(5,6)7)27(8,20-13-9-11-18(3)15-20)21-14-10-12-19(4)16-21/h9-17,22,24H,1-8H3/t22-,26-/m1/s1. The third-order valence-electron chi connectivity index (χ3n) is 5.31. The number of hydrogen-bond donors (Lipinski definition) is 1. The highest BCUT2D eigenvalue weighted by Gasteiger charge is 2.43. The molecule has 0 fully saturated rings. The molecule has 0 aliphatic rings. The Labute approximate surface area is 169 Å². The first-order valence-electron chi connectivity index (χ1n) is 9.78. The smallest absolute Gasteiger partial charge is 0.133 e. The third kappa shape index (κ3) is 4.98. The van der Waals surface area contributed by atoms with Crippen molar-refractivity contribution in [3.63, 3.8) is 0 Å². The summed E-state index contributed by atoms with van der Waals surface area (Å²) < 4.78 is 16.3. The van der Waals surface area contributed by atoms with E-state index >= 15 is 0 Å². The maximum atomic E-state index is 13.0. The summed E-state index contributed by atoms with van der Waals surface area (Å²) in [5, 5.41) is 2.79. The zero-order chi connectivity index (χ0) is 20.4. The molecule has 27 heavy (non-hydrogen) atoms. The molecule has 0 bridgehead atoms. The van der Waals surface area contributed by atoms with Gasteiger partial charge in [-0.05, 0) is 40.5 Å². The van der Waals surface area contributed by atoms with Gasteiger partial charge in [-0.1, -0.05) is 90.4 Å². The second-order valence-electron chi connectivity index (χ2n) is 9.16. The highest BCUT2D eigenvalue weighted by molar-refractivity contribution is 7.84. The normalized spacial score (nSPS) is 15.0. The highest BCUT2D eigenvalue weighted by atomic mass is 32.2. The van der Waals surface area contributed by atoms with Crippen LogP contribution in [0.25, 0.3) is 0 Å². The molecule has 0 aliphatic carbocycles. The van der Waals surface area contributed by atoms with Crippen LogP contribution in [0.2, 0.25) is 6.55 Å². The lowest BCUT2D eigenvalue weighted by atomic mass is 10.2. The average molecular weight is 402 g/mol. The van der Waals surface area contributed by atoms with Gasteiger partial charge in [0.1, 0.15) is 8.07 Å². The van der Waals surface area contributed by atoms with Crippen molar-refractivity contribution in [2.45, 2.75) is 65.4 Å². The predicted molar refractivity (Wildman–Crippen MR) is 123 cm³/mol. The first kappa shape index (κ1) is 22.1. The van der Waals surface area contributed by atoms with Crippen molar-refractivity contribution >= 4 is 29.4 Å². The summed E-state index contributed by atoms with van der Waals surface area (Å²) in [5.41, 5.74) is 2.72. The quantitative estimate of drug-likeness (QED) is 0.725. The maximum Gasteiger partial charge on any atom is 0.133 e. The summed E-state index contributed by atoms with van der Waals surface area (Å²) in [5.74, 6) is 0.369. The van der Waals surface area contributed by atoms with Crippen LogP contribution in [0, 0.1) is 19.8 Å². The molecule has 2 aromatic carbocycles. The van der Waals surface area contributed by atoms with Crippen molar-refractivity contribution in [2.24, 2.45) is 5.92 Å². The molecule has 0 amide bonds. The lowest BCUT2D eigenvalue weighted by Crippen LogP contribution is -2.70. The first-order valence-corrected chi connectivity index (χ1v) is 13.5. The van der Waals surface area contributed by atoms with Crippen molar-refractivity contribution in [1.29, 1.82) is 0 Å². The Kier molecular flexibility index (Phi) is 6.88. The van der Waals surface area contributed by atoms with E-state index in [1.165, 1.54) is 21.5 Å². The molecule has 0 unspecified atom stereocenters. The molecule has 0 radical (unpaired) electrons. The van der Waals surface area contributed by atoms with Gasteiger partial charge in [0.15, 0.2) is 0 Å². The van der Waals surface area contributed by atoms with Gasteiger partial charge in [-0.3, -0.25) is 0 Å². The first-order chi connectivity index (χ1) is 12.5. The molecule has 0 aliphatic heterocycles. The van der Waals surface area contributed by atoms with Gasteiger partial charge in [0, 0.05) is 5.67 Å². The molecular weight excluding hydrogens is 366 g/mol. The van der Waals surface area contributed by atoms with E-state index in [0.29, 0.717) is 5.92 Å². The van der Waals surface area contributed by atoms with Gasteiger partial charge in [0.05, 0.1) is 15.7 Å². The Morgan fingerprint density at radius 3 is 1.70 bits per heavy atom. The molecule has 0 spiro atoms. The molecule has 2 rings (SSSR count). The lowest BCUT2D eigenvalue weighted by Gasteiger charge is -2.41. The second kappa shape index (κ2) is 8.42. The molecule has 1 N–H and O–H groups in total. The van der Waals surface area contributed by atoms with E-state index in [9.17, 15) is 4.21 Å². The monoisotopic (exact) mass is 401 g/mol. The molecule has 0 aromatic heterocycles. The van der Waals surface area contributed by atoms with Gasteiger partial charge in [0.2, 0.25) is 0 Å². The third-order valence-corrected chi connectivity index (χ3v) is 12.2. The van der Waals surface area contributed by atoms with E-state index in [1.54, 1.807) is 0 Å². The van der Waals surface area contributed by atoms with Crippen molar-refractivity contribution in [1.82, 2.24) is 4.72 Å². The molecular formula is C23H35NOSSi. The highest BCUT2D eigenvalue weighted by Crippen LogP contribution is 2.21. The van der Waals surface area contributed by atoms with Gasteiger partial charge >= 0.3 is 0 Å². The molecule has 4 heteroatoms. The van der Waals surface area contributed by atoms with Crippen LogP contribution in [0.3, 0.4) is 0 Å². The predicted octanol–water partition coefficient (Wildman–Crippen LogP) is 4.11. The summed E-state index contributed by atoms with van der Waals surface area (Å²) in [6.45, 7) is 17.3. The van der Waals surface area contributed by atoms with Crippen LogP contribution in [0.15, 0.2) is 48.5 Å². The molecule has 2 atom stereocenters. The summed E-state index contributed by atoms with van der Waals surface area (Å²) in [7, 11) is -3.31. The lowest BCUT2D eigenvalue weighted by molar-refractivity contribution is 0.551. The Hall–Kier alpha value is -1.23. The number of rotatable bonds is 6. The summed E-state index contributed by atoms with van der Waals surface area (Å²) in [6, 6.07) is 17.8. The molecule has 0 saturated carbocycles. The van der Waals surface area contributed by atoms with E-state index in [4.69, 9.17) is 0 Å². The van der Waals surface area contributed by atoms with Crippen LogP contribution < -0.4 is 15.1 Å². The minimum atomic E-state index is -2.20. The van der Waals surface area contributed by atoms with E-state index in [1.807, 2.05) is 20.8 Å². The Morgan fingerprint density at radius 1 is 0.926 bits per heavy atom. The Morgan fingerprint density at radius 2 is 1.37 bits per heavy atom. The second-order valence-corrected chi connectivity index (χ2v) is 15.3. The molecule has 0 saturated heterocycles. The summed E-state index contributed by atoms with van der Waals surface area (Å²) in [6.07, 6.45) is 0. The number of nitrogens with one attached hydrogen (secondary N) is 1. The van der Waals surface area contributed by atoms with Crippen molar-refractivity contribution in [3.8, 4) is 0 Å². The average Bonchev–Trinajstić information content (AvgIpc) is 2.57. The molecule has 148 valence electrons. The van der Waals surface area contributed by atoms with Crippen LogP contribution in [0.4, 0.5) is 0 Å². The van der Waals surface area contributed by atoms with Crippen LogP contribution >= 0.6 is 0 Å². The van der Waals surface area contributed by atoms with E-state index in [2.05, 4.69) is 87.5 Å². The van der Waals surface area contributed by atoms with Crippen LogP contribution in [0.5, 0.6) is 0 Å². The minimum Gasteiger partial charge on any atom is -0.242 e. The number of aryl methyl sites for hydroxylation is 2. The van der Waals surface area contributed by atoms with Crippen molar-refractivity contribution in [3.05, 3.63) is 59.7 Å². The van der Waals surface area contributed by atoms with Crippen molar-refractivity contribution < 1.29 is 4.21 Å². The van der Waals surface area contributed by atoms with E-state index < -0.39 is 19.1 Å². The minimum absolute atomic E-state index is 0.168. The van der Waals surface area contributed by atoms with Crippen molar-refractivity contribution in [2.75, 3.05) is 0 Å². The fraction of sp³-hybridized carbons (Fsp3) is 0.478. The fourth-order valence-electron chi connectivity index (χ4n) is 3.67. The zero-order valence-electron chi connectivity index (χ0n) is 18.1. The van der Waals surface area contributed by atoms with Gasteiger partial charge in [0.25, 0.3) is 0 Å². The van der Waals surface area contributed by atoms with Crippen LogP contribution in [-0.4, -0.2) is 22.7 Å². The Balaban J connectivity index is 2.67. The van der Waals surface area contributed by atoms with Gasteiger partial charge in [-0.25, -0.2) is 8.93 Å². The van der Waals surface area contributed by atoms with Gasteiger partial charge in [-0.15, -0.1) is 0 Å². The molecule has 0 heterocycles.